The summed E-state index contributed by atoms with van der Waals surface area (Å²) >= 11 is 16.3. The van der Waals surface area contributed by atoms with Crippen LogP contribution in [0.3, 0.4) is 0 Å². The quantitative estimate of drug-likeness (QED) is 0.297. The number of benzene rings is 3. The number of halogens is 3. The molecule has 0 aromatic heterocycles. The Labute approximate surface area is 172 Å². The second-order valence-electron chi connectivity index (χ2n) is 5.62. The van der Waals surface area contributed by atoms with E-state index < -0.39 is 21.8 Å². The first-order valence-electron chi connectivity index (χ1n) is 8.02. The molecular formula is C21H18BiCl3. The van der Waals surface area contributed by atoms with Crippen LogP contribution in [0.15, 0.2) is 72.8 Å². The fourth-order valence-electron chi connectivity index (χ4n) is 2.92. The van der Waals surface area contributed by atoms with E-state index in [1.807, 2.05) is 0 Å². The van der Waals surface area contributed by atoms with Crippen LogP contribution in [0, 0.1) is 0 Å². The van der Waals surface area contributed by atoms with E-state index in [9.17, 15) is 0 Å². The second kappa shape index (κ2) is 9.38. The molecule has 3 aromatic carbocycles. The molecule has 0 fully saturated rings. The van der Waals surface area contributed by atoms with Gasteiger partial charge in [0.1, 0.15) is 0 Å². The molecule has 0 saturated heterocycles. The average molecular weight is 586 g/mol. The number of rotatable bonds is 6. The summed E-state index contributed by atoms with van der Waals surface area (Å²) in [6.07, 6.45) is 0. The zero-order valence-electron chi connectivity index (χ0n) is 13.6. The van der Waals surface area contributed by atoms with Crippen molar-refractivity contribution in [1.29, 1.82) is 0 Å². The Morgan fingerprint density at radius 1 is 0.480 bits per heavy atom. The molecule has 0 aliphatic carbocycles. The standard InChI is InChI=1S/3C7H6Cl.Bi/c3*8-6-7-4-2-1-3-5-7;/h3*1-4H,6H2;. The molecule has 0 spiro atoms. The minimum absolute atomic E-state index is 0.522. The van der Waals surface area contributed by atoms with Gasteiger partial charge in [0.2, 0.25) is 0 Å². The van der Waals surface area contributed by atoms with E-state index in [1.54, 1.807) is 0 Å². The predicted molar refractivity (Wildman–Crippen MR) is 113 cm³/mol. The van der Waals surface area contributed by atoms with Crippen molar-refractivity contribution < 1.29 is 0 Å². The van der Waals surface area contributed by atoms with Crippen molar-refractivity contribution in [2.24, 2.45) is 0 Å². The molecule has 25 heavy (non-hydrogen) atoms. The van der Waals surface area contributed by atoms with Gasteiger partial charge in [-0.3, -0.25) is 0 Å². The van der Waals surface area contributed by atoms with Gasteiger partial charge >= 0.3 is 173 Å². The van der Waals surface area contributed by atoms with Gasteiger partial charge in [-0.25, -0.2) is 0 Å². The fraction of sp³-hybridized carbons (Fsp3) is 0.143. The molecule has 0 unspecified atom stereocenters. The molecule has 0 atom stereocenters. The number of hydrogen-bond donors (Lipinski definition) is 0. The van der Waals surface area contributed by atoms with Gasteiger partial charge < -0.3 is 0 Å². The van der Waals surface area contributed by atoms with Crippen molar-refractivity contribution in [3.05, 3.63) is 89.5 Å². The molecule has 0 amide bonds. The zero-order chi connectivity index (χ0) is 17.6. The van der Waals surface area contributed by atoms with Crippen molar-refractivity contribution in [1.82, 2.24) is 0 Å². The van der Waals surface area contributed by atoms with E-state index in [4.69, 9.17) is 34.8 Å². The molecule has 3 rings (SSSR count). The van der Waals surface area contributed by atoms with E-state index in [2.05, 4.69) is 72.8 Å². The van der Waals surface area contributed by atoms with Crippen LogP contribution < -0.4 is 9.81 Å². The zero-order valence-corrected chi connectivity index (χ0v) is 19.4. The molecule has 4 heteroatoms. The third-order valence-electron chi connectivity index (χ3n) is 4.13. The maximum atomic E-state index is 6.28. The molecular weight excluding hydrogens is 568 g/mol. The van der Waals surface area contributed by atoms with Crippen LogP contribution in [0.4, 0.5) is 0 Å². The second-order valence-corrected chi connectivity index (χ2v) is 14.7. The minimum atomic E-state index is -2.57. The van der Waals surface area contributed by atoms with E-state index >= 15 is 0 Å². The van der Waals surface area contributed by atoms with Gasteiger partial charge in [0, 0.05) is 0 Å². The summed E-state index contributed by atoms with van der Waals surface area (Å²) in [5.74, 6) is 1.57. The van der Waals surface area contributed by atoms with Crippen LogP contribution in [0.2, 0.25) is 0 Å². The summed E-state index contributed by atoms with van der Waals surface area (Å²) in [4.78, 5) is 0. The van der Waals surface area contributed by atoms with E-state index in [0.29, 0.717) is 17.6 Å². The van der Waals surface area contributed by atoms with Gasteiger partial charge in [0.05, 0.1) is 0 Å². The normalized spacial score (nSPS) is 11.0. The van der Waals surface area contributed by atoms with Gasteiger partial charge in [-0.05, 0) is 0 Å². The predicted octanol–water partition coefficient (Wildman–Crippen LogP) is 4.42. The first kappa shape index (κ1) is 19.2. The Morgan fingerprint density at radius 2 is 0.760 bits per heavy atom. The topological polar surface area (TPSA) is 0 Å². The third-order valence-corrected chi connectivity index (χ3v) is 15.7. The molecule has 128 valence electrons. The maximum absolute atomic E-state index is 6.28. The Kier molecular flexibility index (Phi) is 7.20. The van der Waals surface area contributed by atoms with Crippen molar-refractivity contribution in [3.63, 3.8) is 0 Å². The Balaban J connectivity index is 2.29. The number of hydrogen-bond acceptors (Lipinski definition) is 0. The van der Waals surface area contributed by atoms with E-state index in [1.165, 1.54) is 26.5 Å². The van der Waals surface area contributed by atoms with Crippen LogP contribution in [0.1, 0.15) is 16.7 Å². The molecule has 0 heterocycles. The van der Waals surface area contributed by atoms with Crippen LogP contribution in [-0.2, 0) is 17.6 Å². The van der Waals surface area contributed by atoms with Gasteiger partial charge in [0.25, 0.3) is 0 Å². The van der Waals surface area contributed by atoms with Crippen LogP contribution in [0.25, 0.3) is 0 Å². The van der Waals surface area contributed by atoms with Crippen molar-refractivity contribution >= 4 is 66.4 Å². The van der Waals surface area contributed by atoms with Gasteiger partial charge in [-0.15, -0.1) is 0 Å². The van der Waals surface area contributed by atoms with Crippen LogP contribution >= 0.6 is 34.8 Å². The van der Waals surface area contributed by atoms with Crippen molar-refractivity contribution in [2.75, 3.05) is 0 Å². The summed E-state index contributed by atoms with van der Waals surface area (Å²) < 4.78 is 4.22. The number of alkyl halides is 3. The van der Waals surface area contributed by atoms with Gasteiger partial charge in [-0.1, -0.05) is 0 Å². The first-order chi connectivity index (χ1) is 12.3. The fourth-order valence-corrected chi connectivity index (χ4v) is 15.7. The monoisotopic (exact) mass is 584 g/mol. The molecule has 0 bridgehead atoms. The summed E-state index contributed by atoms with van der Waals surface area (Å²) in [6.45, 7) is 0. The van der Waals surface area contributed by atoms with Crippen molar-refractivity contribution in [2.45, 2.75) is 17.6 Å². The summed E-state index contributed by atoms with van der Waals surface area (Å²) in [5, 5.41) is 0. The third kappa shape index (κ3) is 4.22. The van der Waals surface area contributed by atoms with Crippen LogP contribution in [0.5, 0.6) is 0 Å². The average Bonchev–Trinajstić information content (AvgIpc) is 2.69. The molecule has 0 aliphatic heterocycles. The van der Waals surface area contributed by atoms with E-state index in [-0.39, 0.29) is 0 Å². The van der Waals surface area contributed by atoms with E-state index in [0.717, 1.165) is 0 Å². The first-order valence-corrected chi connectivity index (χ1v) is 14.8. The van der Waals surface area contributed by atoms with Crippen LogP contribution in [-0.4, -0.2) is 21.8 Å². The molecule has 0 radical (unpaired) electrons. The summed E-state index contributed by atoms with van der Waals surface area (Å²) in [5.41, 5.74) is 3.65. The molecule has 3 aromatic rings. The molecule has 0 nitrogen and oxygen atoms in total. The Bertz CT molecular complexity index is 735. The van der Waals surface area contributed by atoms with Gasteiger partial charge in [0.15, 0.2) is 0 Å². The van der Waals surface area contributed by atoms with Crippen molar-refractivity contribution in [3.8, 4) is 0 Å². The molecule has 0 N–H and O–H groups in total. The Morgan fingerprint density at radius 3 is 1.04 bits per heavy atom. The molecule has 0 aliphatic rings. The summed E-state index contributed by atoms with van der Waals surface area (Å²) in [7, 11) is 0. The SMILES string of the molecule is ClCc1cccc[c]1[Bi]([c]1ccccc1CCl)[c]1ccccc1CCl. The van der Waals surface area contributed by atoms with Gasteiger partial charge in [-0.2, -0.15) is 0 Å². The Hall–Kier alpha value is -0.587. The molecule has 0 saturated carbocycles. The summed E-state index contributed by atoms with van der Waals surface area (Å²) in [6, 6.07) is 25.6.